The molecule has 1 aromatic rings. The summed E-state index contributed by atoms with van der Waals surface area (Å²) in [5, 5.41) is 3.67. The third-order valence-electron chi connectivity index (χ3n) is 7.11. The Hall–Kier alpha value is -1.67. The standard InChI is InChI=1S/C25H41N5O2/c1-19-13-30(14-20(2)32-19)25(3,4)18-27-24(26-5)29-16-22-23(17-29)31-12-11-28(22)15-21-9-7-6-8-10-21/h6-10,19-20,22-23H,11-18H2,1-5H3,(H,26,27). The summed E-state index contributed by atoms with van der Waals surface area (Å²) in [6, 6.07) is 11.2. The Morgan fingerprint density at radius 2 is 1.81 bits per heavy atom. The molecule has 0 amide bonds. The first-order valence-corrected chi connectivity index (χ1v) is 12.1. The van der Waals surface area contributed by atoms with Gasteiger partial charge >= 0.3 is 0 Å². The first-order chi connectivity index (χ1) is 15.4. The number of nitrogens with one attached hydrogen (secondary N) is 1. The molecule has 0 bridgehead atoms. The van der Waals surface area contributed by atoms with Gasteiger partial charge < -0.3 is 19.7 Å². The molecule has 3 aliphatic heterocycles. The average Bonchev–Trinajstić information content (AvgIpc) is 3.19. The molecule has 3 aliphatic rings. The quantitative estimate of drug-likeness (QED) is 0.555. The molecule has 3 fully saturated rings. The number of benzene rings is 1. The highest BCUT2D eigenvalue weighted by Gasteiger charge is 2.41. The zero-order valence-electron chi connectivity index (χ0n) is 20.5. The first-order valence-electron chi connectivity index (χ1n) is 12.1. The van der Waals surface area contributed by atoms with Crippen LogP contribution in [-0.4, -0.2) is 103 Å². The van der Waals surface area contributed by atoms with Crippen molar-refractivity contribution in [3.63, 3.8) is 0 Å². The molecule has 0 radical (unpaired) electrons. The molecule has 178 valence electrons. The summed E-state index contributed by atoms with van der Waals surface area (Å²) in [6.07, 6.45) is 0.776. The molecule has 4 unspecified atom stereocenters. The number of morpholine rings is 2. The van der Waals surface area contributed by atoms with Crippen LogP contribution in [0.1, 0.15) is 33.3 Å². The minimum atomic E-state index is 0.0184. The summed E-state index contributed by atoms with van der Waals surface area (Å²) < 4.78 is 12.1. The molecule has 7 nitrogen and oxygen atoms in total. The summed E-state index contributed by atoms with van der Waals surface area (Å²) in [5.41, 5.74) is 1.38. The molecule has 0 saturated carbocycles. The molecule has 7 heteroatoms. The zero-order chi connectivity index (χ0) is 22.7. The van der Waals surface area contributed by atoms with Crippen molar-refractivity contribution < 1.29 is 9.47 Å². The zero-order valence-corrected chi connectivity index (χ0v) is 20.5. The fourth-order valence-corrected chi connectivity index (χ4v) is 5.36. The Labute approximate surface area is 193 Å². The lowest BCUT2D eigenvalue weighted by Crippen LogP contribution is -2.59. The smallest absolute Gasteiger partial charge is 0.193 e. The summed E-state index contributed by atoms with van der Waals surface area (Å²) in [5.74, 6) is 0.977. The number of hydrogen-bond acceptors (Lipinski definition) is 5. The van der Waals surface area contributed by atoms with Crippen molar-refractivity contribution in [3.8, 4) is 0 Å². The van der Waals surface area contributed by atoms with Crippen LogP contribution in [0.15, 0.2) is 35.3 Å². The van der Waals surface area contributed by atoms with Gasteiger partial charge in [-0.05, 0) is 33.3 Å². The van der Waals surface area contributed by atoms with Gasteiger partial charge in [0.2, 0.25) is 0 Å². The number of rotatable bonds is 5. The van der Waals surface area contributed by atoms with Crippen molar-refractivity contribution in [3.05, 3.63) is 35.9 Å². The molecule has 3 saturated heterocycles. The minimum Gasteiger partial charge on any atom is -0.373 e. The van der Waals surface area contributed by atoms with Gasteiger partial charge in [-0.2, -0.15) is 0 Å². The summed E-state index contributed by atoms with van der Waals surface area (Å²) in [6.45, 7) is 16.3. The van der Waals surface area contributed by atoms with Crippen molar-refractivity contribution >= 4 is 5.96 Å². The Bertz CT molecular complexity index is 761. The van der Waals surface area contributed by atoms with E-state index in [9.17, 15) is 0 Å². The third kappa shape index (κ3) is 5.45. The fraction of sp³-hybridized carbons (Fsp3) is 0.720. The monoisotopic (exact) mass is 443 g/mol. The van der Waals surface area contributed by atoms with E-state index in [0.29, 0.717) is 6.04 Å². The number of likely N-dealkylation sites (tertiary alicyclic amines) is 1. The van der Waals surface area contributed by atoms with E-state index in [1.807, 2.05) is 7.05 Å². The maximum absolute atomic E-state index is 6.17. The van der Waals surface area contributed by atoms with E-state index >= 15 is 0 Å². The van der Waals surface area contributed by atoms with E-state index < -0.39 is 0 Å². The highest BCUT2D eigenvalue weighted by Crippen LogP contribution is 2.25. The first kappa shape index (κ1) is 23.5. The second-order valence-corrected chi connectivity index (χ2v) is 10.2. The number of fused-ring (bicyclic) bond motifs is 1. The number of ether oxygens (including phenoxy) is 2. The van der Waals surface area contributed by atoms with Crippen molar-refractivity contribution in [2.75, 3.05) is 52.9 Å². The largest absolute Gasteiger partial charge is 0.373 e. The van der Waals surface area contributed by atoms with Crippen molar-refractivity contribution in [2.24, 2.45) is 4.99 Å². The van der Waals surface area contributed by atoms with E-state index in [1.54, 1.807) is 0 Å². The van der Waals surface area contributed by atoms with Crippen LogP contribution in [0.5, 0.6) is 0 Å². The van der Waals surface area contributed by atoms with Crippen LogP contribution in [0.4, 0.5) is 0 Å². The number of aliphatic imine (C=N–C) groups is 1. The van der Waals surface area contributed by atoms with Gasteiger partial charge in [-0.15, -0.1) is 0 Å². The van der Waals surface area contributed by atoms with Crippen LogP contribution in [0.2, 0.25) is 0 Å². The number of guanidine groups is 1. The van der Waals surface area contributed by atoms with Gasteiger partial charge in [0, 0.05) is 58.4 Å². The Kier molecular flexibility index (Phi) is 7.40. The van der Waals surface area contributed by atoms with Crippen LogP contribution >= 0.6 is 0 Å². The lowest BCUT2D eigenvalue weighted by atomic mass is 10.00. The SMILES string of the molecule is CN=C(NCC(C)(C)N1CC(C)OC(C)C1)N1CC2OCCN(Cc3ccccc3)C2C1. The number of hydrogen-bond donors (Lipinski definition) is 1. The van der Waals surface area contributed by atoms with Crippen LogP contribution in [0.3, 0.4) is 0 Å². The van der Waals surface area contributed by atoms with Gasteiger partial charge in [-0.1, -0.05) is 30.3 Å². The second kappa shape index (κ2) is 10.1. The van der Waals surface area contributed by atoms with Crippen molar-refractivity contribution in [1.82, 2.24) is 20.0 Å². The Morgan fingerprint density at radius 1 is 1.09 bits per heavy atom. The maximum atomic E-state index is 6.17. The van der Waals surface area contributed by atoms with Gasteiger partial charge in [-0.3, -0.25) is 14.8 Å². The maximum Gasteiger partial charge on any atom is 0.193 e. The topological polar surface area (TPSA) is 52.6 Å². The average molecular weight is 444 g/mol. The summed E-state index contributed by atoms with van der Waals surface area (Å²) in [7, 11) is 1.89. The van der Waals surface area contributed by atoms with Gasteiger partial charge in [-0.25, -0.2) is 0 Å². The van der Waals surface area contributed by atoms with Gasteiger partial charge in [0.05, 0.1) is 31.0 Å². The minimum absolute atomic E-state index is 0.0184. The Balaban J connectivity index is 1.35. The summed E-state index contributed by atoms with van der Waals surface area (Å²) >= 11 is 0. The molecule has 3 heterocycles. The number of nitrogens with zero attached hydrogens (tertiary/aromatic N) is 4. The van der Waals surface area contributed by atoms with E-state index in [4.69, 9.17) is 9.47 Å². The van der Waals surface area contributed by atoms with E-state index in [0.717, 1.165) is 58.4 Å². The lowest BCUT2D eigenvalue weighted by molar-refractivity contribution is -0.0947. The highest BCUT2D eigenvalue weighted by atomic mass is 16.5. The van der Waals surface area contributed by atoms with E-state index in [2.05, 4.69) is 83.0 Å². The van der Waals surface area contributed by atoms with Crippen LogP contribution < -0.4 is 5.32 Å². The van der Waals surface area contributed by atoms with E-state index in [-0.39, 0.29) is 23.9 Å². The predicted molar refractivity (Wildman–Crippen MR) is 129 cm³/mol. The molecule has 1 aromatic carbocycles. The molecule has 4 atom stereocenters. The third-order valence-corrected chi connectivity index (χ3v) is 7.11. The van der Waals surface area contributed by atoms with Crippen LogP contribution in [-0.2, 0) is 16.0 Å². The fourth-order valence-electron chi connectivity index (χ4n) is 5.36. The molecule has 0 aliphatic carbocycles. The molecular formula is C25H41N5O2. The Morgan fingerprint density at radius 3 is 2.50 bits per heavy atom. The van der Waals surface area contributed by atoms with Gasteiger partial charge in [0.25, 0.3) is 0 Å². The van der Waals surface area contributed by atoms with Crippen molar-refractivity contribution in [1.29, 1.82) is 0 Å². The molecule has 1 N–H and O–H groups in total. The van der Waals surface area contributed by atoms with Gasteiger partial charge in [0.1, 0.15) is 0 Å². The molecule has 0 aromatic heterocycles. The van der Waals surface area contributed by atoms with Crippen LogP contribution in [0.25, 0.3) is 0 Å². The second-order valence-electron chi connectivity index (χ2n) is 10.2. The van der Waals surface area contributed by atoms with Crippen LogP contribution in [0, 0.1) is 0 Å². The van der Waals surface area contributed by atoms with E-state index in [1.165, 1.54) is 5.56 Å². The summed E-state index contributed by atoms with van der Waals surface area (Å²) in [4.78, 5) is 12.1. The molecule has 32 heavy (non-hydrogen) atoms. The van der Waals surface area contributed by atoms with Crippen molar-refractivity contribution in [2.45, 2.75) is 64.1 Å². The highest BCUT2D eigenvalue weighted by molar-refractivity contribution is 5.80. The molecular weight excluding hydrogens is 402 g/mol. The predicted octanol–water partition coefficient (Wildman–Crippen LogP) is 2.03. The van der Waals surface area contributed by atoms with Gasteiger partial charge in [0.15, 0.2) is 5.96 Å². The lowest BCUT2D eigenvalue weighted by Gasteiger charge is -2.45. The molecule has 0 spiro atoms. The normalized spacial score (nSPS) is 30.4. The molecule has 4 rings (SSSR count).